The van der Waals surface area contributed by atoms with E-state index in [4.69, 9.17) is 0 Å². The summed E-state index contributed by atoms with van der Waals surface area (Å²) in [7, 11) is 0. The molecule has 4 rings (SSSR count). The molecule has 30 heavy (non-hydrogen) atoms. The predicted octanol–water partition coefficient (Wildman–Crippen LogP) is 5.15. The summed E-state index contributed by atoms with van der Waals surface area (Å²) in [6.07, 6.45) is 5.74. The maximum absolute atomic E-state index is 12.7. The number of hydrogen-bond acceptors (Lipinski definition) is 4. The van der Waals surface area contributed by atoms with E-state index in [1.807, 2.05) is 53.4 Å². The molecule has 6 heteroatoms. The van der Waals surface area contributed by atoms with Crippen LogP contribution in [0.1, 0.15) is 38.5 Å². The van der Waals surface area contributed by atoms with E-state index in [-0.39, 0.29) is 24.7 Å². The Balaban J connectivity index is 1.23. The van der Waals surface area contributed by atoms with Crippen molar-refractivity contribution in [2.45, 2.75) is 43.4 Å². The van der Waals surface area contributed by atoms with Crippen LogP contribution in [0.3, 0.4) is 0 Å². The lowest BCUT2D eigenvalue weighted by atomic mass is 10.1. The first-order valence-electron chi connectivity index (χ1n) is 10.8. The number of hydrogen-bond donors (Lipinski definition) is 2. The largest absolute Gasteiger partial charge is 0.385 e. The molecule has 2 aliphatic rings. The van der Waals surface area contributed by atoms with Crippen LogP contribution < -0.4 is 15.5 Å². The van der Waals surface area contributed by atoms with Crippen LogP contribution in [0.25, 0.3) is 0 Å². The highest BCUT2D eigenvalue weighted by Crippen LogP contribution is 2.34. The molecule has 0 saturated heterocycles. The van der Waals surface area contributed by atoms with Gasteiger partial charge >= 0.3 is 0 Å². The minimum absolute atomic E-state index is 0.00404. The molecule has 0 atom stereocenters. The number of anilines is 3. The highest BCUT2D eigenvalue weighted by molar-refractivity contribution is 7.99. The molecule has 158 valence electrons. The van der Waals surface area contributed by atoms with E-state index in [1.165, 1.54) is 25.7 Å². The monoisotopic (exact) mass is 423 g/mol. The SMILES string of the molecule is O=C(CCC(=O)N1CCSc2ccccc21)Nc1ccc(NCC2CCCC2)cc1. The third kappa shape index (κ3) is 5.36. The second-order valence-electron chi connectivity index (χ2n) is 8.02. The molecule has 1 aliphatic carbocycles. The molecule has 1 heterocycles. The van der Waals surface area contributed by atoms with Gasteiger partial charge in [0.05, 0.1) is 5.69 Å². The average Bonchev–Trinajstić information content (AvgIpc) is 3.30. The van der Waals surface area contributed by atoms with E-state index < -0.39 is 0 Å². The first kappa shape index (κ1) is 20.8. The van der Waals surface area contributed by atoms with E-state index in [1.54, 1.807) is 11.8 Å². The molecule has 0 aromatic heterocycles. The summed E-state index contributed by atoms with van der Waals surface area (Å²) in [5, 5.41) is 6.39. The lowest BCUT2D eigenvalue weighted by molar-refractivity contribution is -0.122. The second kappa shape index (κ2) is 10.0. The summed E-state index contributed by atoms with van der Waals surface area (Å²) in [5.74, 6) is 1.54. The van der Waals surface area contributed by atoms with E-state index in [0.29, 0.717) is 6.54 Å². The number of nitrogens with one attached hydrogen (secondary N) is 2. The van der Waals surface area contributed by atoms with Gasteiger partial charge in [0.15, 0.2) is 0 Å². The van der Waals surface area contributed by atoms with Crippen LogP contribution in [0.5, 0.6) is 0 Å². The fourth-order valence-corrected chi connectivity index (χ4v) is 5.15. The highest BCUT2D eigenvalue weighted by Gasteiger charge is 2.23. The number of carbonyl (C=O) groups excluding carboxylic acids is 2. The first-order chi connectivity index (χ1) is 14.7. The van der Waals surface area contributed by atoms with Crippen LogP contribution in [-0.2, 0) is 9.59 Å². The fourth-order valence-electron chi connectivity index (χ4n) is 4.16. The summed E-state index contributed by atoms with van der Waals surface area (Å²) < 4.78 is 0. The van der Waals surface area contributed by atoms with E-state index >= 15 is 0 Å². The van der Waals surface area contributed by atoms with Crippen LogP contribution in [0.15, 0.2) is 53.4 Å². The van der Waals surface area contributed by atoms with Crippen molar-refractivity contribution in [1.29, 1.82) is 0 Å². The van der Waals surface area contributed by atoms with Crippen molar-refractivity contribution in [3.8, 4) is 0 Å². The van der Waals surface area contributed by atoms with E-state index in [9.17, 15) is 9.59 Å². The van der Waals surface area contributed by atoms with Crippen LogP contribution in [0, 0.1) is 5.92 Å². The molecular weight excluding hydrogens is 394 g/mol. The van der Waals surface area contributed by atoms with Crippen LogP contribution in [-0.4, -0.2) is 30.7 Å². The van der Waals surface area contributed by atoms with Gasteiger partial charge in [-0.25, -0.2) is 0 Å². The van der Waals surface area contributed by atoms with Crippen LogP contribution in [0.4, 0.5) is 17.1 Å². The zero-order valence-corrected chi connectivity index (χ0v) is 18.0. The Hall–Kier alpha value is -2.47. The van der Waals surface area contributed by atoms with E-state index in [0.717, 1.165) is 40.2 Å². The molecule has 5 nitrogen and oxygen atoms in total. The number of benzene rings is 2. The molecule has 0 spiro atoms. The number of amides is 2. The molecule has 1 aliphatic heterocycles. The van der Waals surface area contributed by atoms with Crippen molar-refractivity contribution < 1.29 is 9.59 Å². The standard InChI is InChI=1S/C24H29N3O2S/c28-23(13-14-24(29)27-15-16-30-22-8-4-3-7-21(22)27)26-20-11-9-19(10-12-20)25-17-18-5-1-2-6-18/h3-4,7-12,18,25H,1-2,5-6,13-17H2,(H,26,28). The Labute approximate surface area is 182 Å². The van der Waals surface area contributed by atoms with Crippen molar-refractivity contribution >= 4 is 40.6 Å². The Kier molecular flexibility index (Phi) is 6.95. The predicted molar refractivity (Wildman–Crippen MR) is 124 cm³/mol. The Morgan fingerprint density at radius 1 is 0.967 bits per heavy atom. The molecule has 0 unspecified atom stereocenters. The van der Waals surface area contributed by atoms with Gasteiger partial charge in [0.25, 0.3) is 0 Å². The molecule has 0 bridgehead atoms. The third-order valence-electron chi connectivity index (χ3n) is 5.83. The Morgan fingerprint density at radius 3 is 2.50 bits per heavy atom. The van der Waals surface area contributed by atoms with Gasteiger partial charge in [-0.15, -0.1) is 11.8 Å². The van der Waals surface area contributed by atoms with Crippen molar-refractivity contribution in [3.63, 3.8) is 0 Å². The van der Waals surface area contributed by atoms with Gasteiger partial charge in [0.2, 0.25) is 11.8 Å². The van der Waals surface area contributed by atoms with Gasteiger partial charge in [-0.05, 0) is 55.2 Å². The number of rotatable bonds is 7. The minimum atomic E-state index is -0.130. The summed E-state index contributed by atoms with van der Waals surface area (Å²) >= 11 is 1.77. The zero-order valence-electron chi connectivity index (χ0n) is 17.2. The lowest BCUT2D eigenvalue weighted by Gasteiger charge is -2.29. The van der Waals surface area contributed by atoms with Crippen molar-refractivity contribution in [2.24, 2.45) is 5.92 Å². The van der Waals surface area contributed by atoms with Gasteiger partial charge < -0.3 is 15.5 Å². The van der Waals surface area contributed by atoms with Crippen LogP contribution >= 0.6 is 11.8 Å². The molecular formula is C24H29N3O2S. The molecule has 2 aromatic carbocycles. The molecule has 0 radical (unpaired) electrons. The maximum atomic E-state index is 12.7. The van der Waals surface area contributed by atoms with Crippen molar-refractivity contribution in [2.75, 3.05) is 34.4 Å². The fraction of sp³-hybridized carbons (Fsp3) is 0.417. The number of thioether (sulfide) groups is 1. The summed E-state index contributed by atoms with van der Waals surface area (Å²) in [6, 6.07) is 15.8. The maximum Gasteiger partial charge on any atom is 0.227 e. The normalized spacial score (nSPS) is 16.2. The first-order valence-corrected chi connectivity index (χ1v) is 11.8. The quantitative estimate of drug-likeness (QED) is 0.647. The van der Waals surface area contributed by atoms with Gasteiger partial charge in [-0.2, -0.15) is 0 Å². The zero-order chi connectivity index (χ0) is 20.8. The number of fused-ring (bicyclic) bond motifs is 1. The summed E-state index contributed by atoms with van der Waals surface area (Å²) in [5.41, 5.74) is 2.80. The molecule has 2 N–H and O–H groups in total. The number of para-hydroxylation sites is 1. The summed E-state index contributed by atoms with van der Waals surface area (Å²) in [6.45, 7) is 1.71. The third-order valence-corrected chi connectivity index (χ3v) is 6.88. The van der Waals surface area contributed by atoms with Gasteiger partial charge in [0.1, 0.15) is 0 Å². The van der Waals surface area contributed by atoms with Crippen molar-refractivity contribution in [1.82, 2.24) is 0 Å². The Morgan fingerprint density at radius 2 is 1.70 bits per heavy atom. The molecule has 1 saturated carbocycles. The second-order valence-corrected chi connectivity index (χ2v) is 9.16. The highest BCUT2D eigenvalue weighted by atomic mass is 32.2. The smallest absolute Gasteiger partial charge is 0.227 e. The van der Waals surface area contributed by atoms with Gasteiger partial charge in [-0.3, -0.25) is 9.59 Å². The molecule has 2 amide bonds. The lowest BCUT2D eigenvalue weighted by Crippen LogP contribution is -2.35. The van der Waals surface area contributed by atoms with Crippen LogP contribution in [0.2, 0.25) is 0 Å². The van der Waals surface area contributed by atoms with Crippen molar-refractivity contribution in [3.05, 3.63) is 48.5 Å². The molecule has 2 aromatic rings. The minimum Gasteiger partial charge on any atom is -0.385 e. The topological polar surface area (TPSA) is 61.4 Å². The molecule has 1 fully saturated rings. The number of nitrogens with zero attached hydrogens (tertiary/aromatic N) is 1. The van der Waals surface area contributed by atoms with Gasteiger partial charge in [-0.1, -0.05) is 25.0 Å². The van der Waals surface area contributed by atoms with Gasteiger partial charge in [0, 0.05) is 48.0 Å². The van der Waals surface area contributed by atoms with E-state index in [2.05, 4.69) is 10.6 Å². The number of carbonyl (C=O) groups is 2. The summed E-state index contributed by atoms with van der Waals surface area (Å²) in [4.78, 5) is 27.9. The Bertz CT molecular complexity index is 878. The average molecular weight is 424 g/mol.